The van der Waals surface area contributed by atoms with Crippen LogP contribution in [0.2, 0.25) is 0 Å². The zero-order valence-electron chi connectivity index (χ0n) is 11.2. The van der Waals surface area contributed by atoms with E-state index in [2.05, 4.69) is 26.1 Å². The largest absolute Gasteiger partial charge is 0.371 e. The van der Waals surface area contributed by atoms with E-state index in [1.165, 1.54) is 0 Å². The van der Waals surface area contributed by atoms with Crippen molar-refractivity contribution in [3.05, 3.63) is 28.2 Å². The number of nitrogens with one attached hydrogen (secondary N) is 1. The third-order valence-electron chi connectivity index (χ3n) is 3.71. The van der Waals surface area contributed by atoms with Gasteiger partial charge in [0.1, 0.15) is 0 Å². The molecule has 19 heavy (non-hydrogen) atoms. The number of amides is 1. The minimum atomic E-state index is -0.388. The van der Waals surface area contributed by atoms with E-state index in [1.54, 1.807) is 0 Å². The van der Waals surface area contributed by atoms with Crippen LogP contribution < -0.4 is 16.0 Å². The smallest absolute Gasteiger partial charge is 0.251 e. The number of hydrogen-bond donors (Lipinski definition) is 2. The van der Waals surface area contributed by atoms with E-state index < -0.39 is 0 Å². The van der Waals surface area contributed by atoms with Crippen molar-refractivity contribution in [2.75, 3.05) is 25.0 Å². The van der Waals surface area contributed by atoms with Crippen LogP contribution in [0.15, 0.2) is 22.7 Å². The Morgan fingerprint density at radius 3 is 2.95 bits per heavy atom. The van der Waals surface area contributed by atoms with E-state index in [-0.39, 0.29) is 5.91 Å². The third kappa shape index (κ3) is 3.28. The highest BCUT2D eigenvalue weighted by Crippen LogP contribution is 2.29. The number of benzene rings is 1. The number of anilines is 1. The number of nitrogens with two attached hydrogens (primary N) is 1. The second kappa shape index (κ2) is 6.39. The Balaban J connectivity index is 2.29. The van der Waals surface area contributed by atoms with Gasteiger partial charge in [0, 0.05) is 17.6 Å². The lowest BCUT2D eigenvalue weighted by Gasteiger charge is -2.30. The molecule has 0 saturated carbocycles. The highest BCUT2D eigenvalue weighted by Gasteiger charge is 2.22. The summed E-state index contributed by atoms with van der Waals surface area (Å²) in [6.07, 6.45) is 3.38. The first-order valence-electron chi connectivity index (χ1n) is 6.63. The van der Waals surface area contributed by atoms with Gasteiger partial charge in [-0.1, -0.05) is 6.07 Å². The molecule has 1 amide bonds. The van der Waals surface area contributed by atoms with Crippen LogP contribution in [0.4, 0.5) is 5.69 Å². The fraction of sp³-hybridized carbons (Fsp3) is 0.500. The van der Waals surface area contributed by atoms with Crippen LogP contribution in [-0.4, -0.2) is 32.1 Å². The summed E-state index contributed by atoms with van der Waals surface area (Å²) in [6.45, 7) is 2.10. The van der Waals surface area contributed by atoms with Gasteiger partial charge < -0.3 is 16.0 Å². The monoisotopic (exact) mass is 325 g/mol. The predicted octanol–water partition coefficient (Wildman–Crippen LogP) is 2.13. The molecule has 1 fully saturated rings. The molecule has 1 saturated heterocycles. The van der Waals surface area contributed by atoms with Crippen LogP contribution in [-0.2, 0) is 0 Å². The Kier molecular flexibility index (Phi) is 4.82. The lowest BCUT2D eigenvalue weighted by Crippen LogP contribution is -2.34. The summed E-state index contributed by atoms with van der Waals surface area (Å²) in [6, 6.07) is 6.20. The summed E-state index contributed by atoms with van der Waals surface area (Å²) in [5.41, 5.74) is 6.99. The quantitative estimate of drug-likeness (QED) is 0.895. The molecule has 0 aliphatic carbocycles. The van der Waals surface area contributed by atoms with E-state index in [0.29, 0.717) is 11.6 Å². The molecule has 3 N–H and O–H groups in total. The standard InChI is InChI=1S/C14H20BrN3O/c1-18(10-4-3-8-17-9-7-10)12-6-2-5-11(15)13(12)14(16)19/h2,5-6,10,17H,3-4,7-9H2,1H3,(H2,16,19). The van der Waals surface area contributed by atoms with Gasteiger partial charge in [0.2, 0.25) is 0 Å². The molecule has 0 spiro atoms. The van der Waals surface area contributed by atoms with E-state index in [1.807, 2.05) is 25.2 Å². The van der Waals surface area contributed by atoms with E-state index in [0.717, 1.165) is 42.5 Å². The Morgan fingerprint density at radius 1 is 1.42 bits per heavy atom. The summed E-state index contributed by atoms with van der Waals surface area (Å²) >= 11 is 3.42. The van der Waals surface area contributed by atoms with Crippen molar-refractivity contribution in [2.24, 2.45) is 5.73 Å². The zero-order chi connectivity index (χ0) is 13.8. The molecule has 4 nitrogen and oxygen atoms in total. The highest BCUT2D eigenvalue weighted by molar-refractivity contribution is 9.10. The van der Waals surface area contributed by atoms with Gasteiger partial charge in [-0.3, -0.25) is 4.79 Å². The molecule has 1 atom stereocenters. The van der Waals surface area contributed by atoms with Crippen LogP contribution >= 0.6 is 15.9 Å². The van der Waals surface area contributed by atoms with Crippen molar-refractivity contribution in [2.45, 2.75) is 25.3 Å². The van der Waals surface area contributed by atoms with E-state index >= 15 is 0 Å². The van der Waals surface area contributed by atoms with Crippen molar-refractivity contribution < 1.29 is 4.79 Å². The summed E-state index contributed by atoms with van der Waals surface area (Å²) in [5.74, 6) is -0.388. The zero-order valence-corrected chi connectivity index (χ0v) is 12.7. The molecule has 1 heterocycles. The second-order valence-electron chi connectivity index (χ2n) is 4.94. The predicted molar refractivity (Wildman–Crippen MR) is 81.6 cm³/mol. The number of carbonyl (C=O) groups is 1. The third-order valence-corrected chi connectivity index (χ3v) is 4.37. The minimum Gasteiger partial charge on any atom is -0.371 e. The maximum Gasteiger partial charge on any atom is 0.251 e. The average Bonchev–Trinajstić information content (AvgIpc) is 2.66. The maximum absolute atomic E-state index is 11.7. The SMILES string of the molecule is CN(c1cccc(Br)c1C(N)=O)C1CCCNCC1. The molecule has 1 aliphatic heterocycles. The first-order valence-corrected chi connectivity index (χ1v) is 7.42. The lowest BCUT2D eigenvalue weighted by atomic mass is 10.0. The molecule has 1 aromatic rings. The van der Waals surface area contributed by atoms with Crippen molar-refractivity contribution >= 4 is 27.5 Å². The normalized spacial score (nSPS) is 19.8. The summed E-state index contributed by atoms with van der Waals surface area (Å²) < 4.78 is 0.760. The first kappa shape index (κ1) is 14.3. The van der Waals surface area contributed by atoms with Crippen LogP contribution in [0.3, 0.4) is 0 Å². The summed E-state index contributed by atoms with van der Waals surface area (Å²) in [7, 11) is 2.05. The van der Waals surface area contributed by atoms with Crippen LogP contribution in [0.25, 0.3) is 0 Å². The molecule has 0 aromatic heterocycles. The van der Waals surface area contributed by atoms with Gasteiger partial charge in [0.25, 0.3) is 5.91 Å². The number of halogens is 1. The van der Waals surface area contributed by atoms with Crippen molar-refractivity contribution in [3.8, 4) is 0 Å². The van der Waals surface area contributed by atoms with E-state index in [9.17, 15) is 4.79 Å². The molecular weight excluding hydrogens is 306 g/mol. The molecule has 1 aromatic carbocycles. The van der Waals surface area contributed by atoms with Gasteiger partial charge in [-0.15, -0.1) is 0 Å². The molecule has 104 valence electrons. The van der Waals surface area contributed by atoms with Gasteiger partial charge in [-0.2, -0.15) is 0 Å². The van der Waals surface area contributed by atoms with Gasteiger partial charge in [0.15, 0.2) is 0 Å². The number of carbonyl (C=O) groups excluding carboxylic acids is 1. The second-order valence-corrected chi connectivity index (χ2v) is 5.80. The highest BCUT2D eigenvalue weighted by atomic mass is 79.9. The molecule has 5 heteroatoms. The number of nitrogens with zero attached hydrogens (tertiary/aromatic N) is 1. The minimum absolute atomic E-state index is 0.388. The van der Waals surface area contributed by atoms with Gasteiger partial charge in [-0.05, 0) is 60.4 Å². The fourth-order valence-electron chi connectivity index (χ4n) is 2.64. The molecule has 1 unspecified atom stereocenters. The van der Waals surface area contributed by atoms with Crippen LogP contribution in [0.1, 0.15) is 29.6 Å². The Morgan fingerprint density at radius 2 is 2.21 bits per heavy atom. The maximum atomic E-state index is 11.7. The number of rotatable bonds is 3. The first-order chi connectivity index (χ1) is 9.11. The lowest BCUT2D eigenvalue weighted by molar-refractivity contribution is 0.1000. The summed E-state index contributed by atoms with van der Waals surface area (Å²) in [5, 5.41) is 3.40. The summed E-state index contributed by atoms with van der Waals surface area (Å²) in [4.78, 5) is 13.8. The van der Waals surface area contributed by atoms with Crippen LogP contribution in [0, 0.1) is 0 Å². The molecule has 0 radical (unpaired) electrons. The van der Waals surface area contributed by atoms with E-state index in [4.69, 9.17) is 5.73 Å². The van der Waals surface area contributed by atoms with Crippen molar-refractivity contribution in [1.29, 1.82) is 0 Å². The van der Waals surface area contributed by atoms with Crippen LogP contribution in [0.5, 0.6) is 0 Å². The van der Waals surface area contributed by atoms with Gasteiger partial charge >= 0.3 is 0 Å². The molecule has 0 bridgehead atoms. The van der Waals surface area contributed by atoms with Crippen molar-refractivity contribution in [3.63, 3.8) is 0 Å². The fourth-order valence-corrected chi connectivity index (χ4v) is 3.19. The van der Waals surface area contributed by atoms with Gasteiger partial charge in [0.05, 0.1) is 11.3 Å². The Labute approximate surface area is 122 Å². The average molecular weight is 326 g/mol. The topological polar surface area (TPSA) is 58.4 Å². The molecule has 1 aliphatic rings. The Bertz CT molecular complexity index is 456. The number of primary amides is 1. The van der Waals surface area contributed by atoms with Gasteiger partial charge in [-0.25, -0.2) is 0 Å². The van der Waals surface area contributed by atoms with Crippen molar-refractivity contribution in [1.82, 2.24) is 5.32 Å². The Hall–Kier alpha value is -1.07. The molecular formula is C14H20BrN3O. The number of hydrogen-bond acceptors (Lipinski definition) is 3. The molecule has 2 rings (SSSR count).